The number of anilines is 1. The molecule has 0 aliphatic carbocycles. The first-order valence-electron chi connectivity index (χ1n) is 12.2. The summed E-state index contributed by atoms with van der Waals surface area (Å²) < 4.78 is 29.4. The van der Waals surface area contributed by atoms with Crippen LogP contribution in [0, 0.1) is 6.92 Å². The highest BCUT2D eigenvalue weighted by atomic mass is 35.5. The number of halogens is 2. The van der Waals surface area contributed by atoms with Crippen LogP contribution >= 0.6 is 23.2 Å². The Hall–Kier alpha value is -2.84. The number of fused-ring (bicyclic) bond motifs is 1. The fourth-order valence-electron chi connectivity index (χ4n) is 4.83. The van der Waals surface area contributed by atoms with Crippen molar-refractivity contribution in [2.45, 2.75) is 43.8 Å². The molecule has 0 spiro atoms. The molecule has 3 aromatic carbocycles. The quantitative estimate of drug-likeness (QED) is 0.293. The summed E-state index contributed by atoms with van der Waals surface area (Å²) in [5.74, 6) is 0. The molecular formula is C28H28Cl2N4O2S. The van der Waals surface area contributed by atoms with Crippen LogP contribution in [0.5, 0.6) is 0 Å². The van der Waals surface area contributed by atoms with Crippen LogP contribution in [0.1, 0.15) is 28.9 Å². The monoisotopic (exact) mass is 554 g/mol. The second-order valence-electron chi connectivity index (χ2n) is 9.28. The molecule has 1 aromatic heterocycles. The molecule has 1 atom stereocenters. The number of hydrogen-bond donors (Lipinski definition) is 1. The van der Waals surface area contributed by atoms with Gasteiger partial charge in [-0.05, 0) is 55.2 Å². The molecule has 1 aliphatic heterocycles. The van der Waals surface area contributed by atoms with Crippen molar-refractivity contribution < 1.29 is 8.42 Å². The molecule has 0 amide bonds. The Morgan fingerprint density at radius 2 is 1.76 bits per heavy atom. The van der Waals surface area contributed by atoms with Gasteiger partial charge in [-0.2, -0.15) is 4.31 Å². The smallest absolute Gasteiger partial charge is 0.243 e. The number of para-hydroxylation sites is 1. The molecule has 4 aromatic rings. The standard InChI is InChI=1S/C28H28Cl2N4O2S/c1-20-27(32-19-31-20)18-34-23(12-11-21-7-3-2-4-8-21)17-33(16-22-9-5-6-10-28(22)34)37(35,36)24-13-14-25(29)26(30)15-24/h2-10,13-15,19,23H,11-12,16-18H2,1H3,(H,31,32)/t23-/m0/s1. The van der Waals surface area contributed by atoms with E-state index in [1.54, 1.807) is 10.6 Å². The van der Waals surface area contributed by atoms with Crippen LogP contribution in [0.4, 0.5) is 5.69 Å². The molecule has 0 unspecified atom stereocenters. The summed E-state index contributed by atoms with van der Waals surface area (Å²) in [6.45, 7) is 3.17. The summed E-state index contributed by atoms with van der Waals surface area (Å²) in [4.78, 5) is 10.2. The van der Waals surface area contributed by atoms with Crippen LogP contribution in [0.15, 0.2) is 84.0 Å². The van der Waals surface area contributed by atoms with E-state index in [-0.39, 0.29) is 22.5 Å². The number of nitrogens with one attached hydrogen (secondary N) is 1. The number of benzene rings is 3. The van der Waals surface area contributed by atoms with Crippen molar-refractivity contribution in [2.75, 3.05) is 11.4 Å². The van der Waals surface area contributed by atoms with Gasteiger partial charge in [0, 0.05) is 30.5 Å². The number of aromatic amines is 1. The lowest BCUT2D eigenvalue weighted by atomic mass is 10.0. The van der Waals surface area contributed by atoms with E-state index in [2.05, 4.69) is 33.1 Å². The van der Waals surface area contributed by atoms with Crippen molar-refractivity contribution in [1.82, 2.24) is 14.3 Å². The summed E-state index contributed by atoms with van der Waals surface area (Å²) in [5, 5.41) is 0.539. The lowest BCUT2D eigenvalue weighted by Gasteiger charge is -2.34. The Kier molecular flexibility index (Phi) is 7.58. The maximum atomic E-state index is 13.9. The van der Waals surface area contributed by atoms with Gasteiger partial charge >= 0.3 is 0 Å². The normalized spacial score (nSPS) is 16.4. The third-order valence-corrected chi connectivity index (χ3v) is 9.44. The van der Waals surface area contributed by atoms with Gasteiger partial charge in [0.1, 0.15) is 0 Å². The molecule has 6 nitrogen and oxygen atoms in total. The Labute approximate surface area is 227 Å². The molecule has 9 heteroatoms. The molecule has 0 fully saturated rings. The van der Waals surface area contributed by atoms with Gasteiger partial charge in [0.25, 0.3) is 0 Å². The van der Waals surface area contributed by atoms with Crippen LogP contribution in [0.2, 0.25) is 10.0 Å². The molecular weight excluding hydrogens is 527 g/mol. The number of aryl methyl sites for hydroxylation is 2. The summed E-state index contributed by atoms with van der Waals surface area (Å²) >= 11 is 12.3. The molecule has 5 rings (SSSR count). The van der Waals surface area contributed by atoms with Crippen molar-refractivity contribution in [3.63, 3.8) is 0 Å². The maximum absolute atomic E-state index is 13.9. The van der Waals surface area contributed by atoms with E-state index in [9.17, 15) is 8.42 Å². The van der Waals surface area contributed by atoms with E-state index < -0.39 is 10.0 Å². The largest absolute Gasteiger partial charge is 0.361 e. The fourth-order valence-corrected chi connectivity index (χ4v) is 6.67. The number of nitrogens with zero attached hydrogens (tertiary/aromatic N) is 3. The minimum absolute atomic E-state index is 0.0856. The lowest BCUT2D eigenvalue weighted by molar-refractivity contribution is 0.370. The minimum Gasteiger partial charge on any atom is -0.361 e. The van der Waals surface area contributed by atoms with Crippen LogP contribution in [-0.4, -0.2) is 35.3 Å². The van der Waals surface area contributed by atoms with Crippen molar-refractivity contribution in [3.8, 4) is 0 Å². The summed E-state index contributed by atoms with van der Waals surface area (Å²) in [7, 11) is -3.84. The zero-order chi connectivity index (χ0) is 26.0. The maximum Gasteiger partial charge on any atom is 0.243 e. The molecule has 2 heterocycles. The van der Waals surface area contributed by atoms with Gasteiger partial charge in [0.05, 0.1) is 33.5 Å². The number of sulfonamides is 1. The number of rotatable bonds is 7. The summed E-state index contributed by atoms with van der Waals surface area (Å²) in [6, 6.07) is 22.7. The molecule has 0 bridgehead atoms. The summed E-state index contributed by atoms with van der Waals surface area (Å²) in [6.07, 6.45) is 3.30. The molecule has 37 heavy (non-hydrogen) atoms. The molecule has 1 N–H and O–H groups in total. The van der Waals surface area contributed by atoms with E-state index >= 15 is 0 Å². The highest BCUT2D eigenvalue weighted by molar-refractivity contribution is 7.89. The van der Waals surface area contributed by atoms with Crippen LogP contribution in [-0.2, 0) is 29.5 Å². The second-order valence-corrected chi connectivity index (χ2v) is 12.0. The van der Waals surface area contributed by atoms with Crippen LogP contribution in [0.25, 0.3) is 0 Å². The zero-order valence-electron chi connectivity index (χ0n) is 20.4. The molecule has 0 saturated heterocycles. The van der Waals surface area contributed by atoms with Gasteiger partial charge in [-0.25, -0.2) is 13.4 Å². The molecule has 0 radical (unpaired) electrons. The summed E-state index contributed by atoms with van der Waals surface area (Å²) in [5.41, 5.74) is 5.13. The van der Waals surface area contributed by atoms with Crippen LogP contribution < -0.4 is 4.90 Å². The van der Waals surface area contributed by atoms with E-state index in [1.165, 1.54) is 23.8 Å². The number of aromatic nitrogens is 2. The van der Waals surface area contributed by atoms with E-state index in [1.807, 2.05) is 43.3 Å². The molecule has 192 valence electrons. The second kappa shape index (κ2) is 10.9. The van der Waals surface area contributed by atoms with Gasteiger partial charge < -0.3 is 9.88 Å². The lowest BCUT2D eigenvalue weighted by Crippen LogP contribution is -2.43. The van der Waals surface area contributed by atoms with Crippen molar-refractivity contribution in [1.29, 1.82) is 0 Å². The van der Waals surface area contributed by atoms with E-state index in [0.717, 1.165) is 35.5 Å². The number of imidazole rings is 1. The Balaban J connectivity index is 1.56. The Morgan fingerprint density at radius 3 is 2.49 bits per heavy atom. The highest BCUT2D eigenvalue weighted by Gasteiger charge is 2.35. The van der Waals surface area contributed by atoms with Gasteiger partial charge in [-0.15, -0.1) is 0 Å². The van der Waals surface area contributed by atoms with Gasteiger partial charge in [-0.3, -0.25) is 0 Å². The number of H-pyrrole nitrogens is 1. The fraction of sp³-hybridized carbons (Fsp3) is 0.250. The van der Waals surface area contributed by atoms with E-state index in [4.69, 9.17) is 23.2 Å². The SMILES string of the molecule is Cc1[nH]cnc1CN1c2ccccc2CN(S(=O)(=O)c2ccc(Cl)c(Cl)c2)C[C@@H]1CCc1ccccc1. The first kappa shape index (κ1) is 25.8. The Bertz CT molecular complexity index is 1490. The van der Waals surface area contributed by atoms with Crippen molar-refractivity contribution in [2.24, 2.45) is 0 Å². The molecule has 1 aliphatic rings. The first-order chi connectivity index (χ1) is 17.8. The third kappa shape index (κ3) is 5.55. The van der Waals surface area contributed by atoms with Gasteiger partial charge in [0.15, 0.2) is 0 Å². The van der Waals surface area contributed by atoms with Crippen molar-refractivity contribution >= 4 is 38.9 Å². The number of hydrogen-bond acceptors (Lipinski definition) is 4. The minimum atomic E-state index is -3.84. The first-order valence-corrected chi connectivity index (χ1v) is 14.3. The third-order valence-electron chi connectivity index (χ3n) is 6.90. The highest BCUT2D eigenvalue weighted by Crippen LogP contribution is 2.34. The van der Waals surface area contributed by atoms with E-state index in [0.29, 0.717) is 18.1 Å². The van der Waals surface area contributed by atoms with Gasteiger partial charge in [-0.1, -0.05) is 71.7 Å². The van der Waals surface area contributed by atoms with Gasteiger partial charge in [0.2, 0.25) is 10.0 Å². The average molecular weight is 556 g/mol. The zero-order valence-corrected chi connectivity index (χ0v) is 22.8. The predicted molar refractivity (Wildman–Crippen MR) is 149 cm³/mol. The average Bonchev–Trinajstić information content (AvgIpc) is 3.23. The topological polar surface area (TPSA) is 69.3 Å². The molecule has 0 saturated carbocycles. The predicted octanol–water partition coefficient (Wildman–Crippen LogP) is 6.24. The van der Waals surface area contributed by atoms with Crippen LogP contribution in [0.3, 0.4) is 0 Å². The van der Waals surface area contributed by atoms with Crippen molar-refractivity contribution in [3.05, 3.63) is 112 Å². The Morgan fingerprint density at radius 1 is 1.00 bits per heavy atom.